The molecular weight excluding hydrogens is 586 g/mol. The molecule has 270 valence electrons. The van der Waals surface area contributed by atoms with Crippen LogP contribution in [0.1, 0.15) is 206 Å². The van der Waals surface area contributed by atoms with Gasteiger partial charge in [0.1, 0.15) is 6.10 Å². The lowest BCUT2D eigenvalue weighted by molar-refractivity contribution is -0.131. The van der Waals surface area contributed by atoms with Gasteiger partial charge < -0.3 is 15.5 Å². The van der Waals surface area contributed by atoms with Gasteiger partial charge in [-0.15, -0.1) is 0 Å². The molecule has 0 aliphatic rings. The summed E-state index contributed by atoms with van der Waals surface area (Å²) >= 11 is 0. The van der Waals surface area contributed by atoms with Crippen LogP contribution >= 0.6 is 0 Å². The van der Waals surface area contributed by atoms with Crippen LogP contribution in [0, 0.1) is 0 Å². The molecule has 3 atom stereocenters. The first-order chi connectivity index (χ1) is 21.7. The highest BCUT2D eigenvalue weighted by Crippen LogP contribution is 2.16. The maximum absolute atomic E-state index is 12.6. The number of aliphatic hydroxyl groups excluding tert-OH is 2. The summed E-state index contributed by atoms with van der Waals surface area (Å²) < 4.78 is 32.4. The number of unbranched alkanes of at least 4 members (excludes halogenated alkanes) is 26. The van der Waals surface area contributed by atoms with Crippen molar-refractivity contribution < 1.29 is 28.0 Å². The van der Waals surface area contributed by atoms with E-state index in [-0.39, 0.29) is 0 Å². The summed E-state index contributed by atoms with van der Waals surface area (Å²) in [6.45, 7) is 4.48. The van der Waals surface area contributed by atoms with E-state index in [2.05, 4.69) is 19.2 Å². The van der Waals surface area contributed by atoms with Gasteiger partial charge in [-0.05, 0) is 12.8 Å². The Morgan fingerprint density at radius 3 is 1.11 bits per heavy atom. The summed E-state index contributed by atoms with van der Waals surface area (Å²) in [5.74, 6) is -1.44. The number of amides is 1. The molecule has 0 fully saturated rings. The first kappa shape index (κ1) is 44.3. The Bertz CT molecular complexity index is 747. The molecule has 4 N–H and O–H groups in total. The van der Waals surface area contributed by atoms with Crippen LogP contribution in [-0.2, 0) is 14.9 Å². The quantitative estimate of drug-likeness (QED) is 0.0396. The normalized spacial score (nSPS) is 14.0. The number of nitrogens with one attached hydrogen (secondary N) is 1. The Labute approximate surface area is 279 Å². The fraction of sp³-hybridized carbons (Fsp3) is 0.973. The second kappa shape index (κ2) is 31.9. The number of rotatable bonds is 35. The highest BCUT2D eigenvalue weighted by atomic mass is 32.2. The Morgan fingerprint density at radius 2 is 0.800 bits per heavy atom. The zero-order valence-corrected chi connectivity index (χ0v) is 30.4. The third-order valence-electron chi connectivity index (χ3n) is 9.17. The highest BCUT2D eigenvalue weighted by Gasteiger charge is 2.28. The lowest BCUT2D eigenvalue weighted by atomic mass is 10.0. The van der Waals surface area contributed by atoms with E-state index >= 15 is 0 Å². The highest BCUT2D eigenvalue weighted by molar-refractivity contribution is 7.85. The summed E-state index contributed by atoms with van der Waals surface area (Å²) in [6.07, 6.45) is 32.7. The van der Waals surface area contributed by atoms with Crippen molar-refractivity contribution in [3.8, 4) is 0 Å². The van der Waals surface area contributed by atoms with Crippen molar-refractivity contribution in [2.24, 2.45) is 0 Å². The fourth-order valence-corrected chi connectivity index (χ4v) is 6.93. The van der Waals surface area contributed by atoms with Gasteiger partial charge in [0, 0.05) is 0 Å². The molecule has 0 bridgehead atoms. The Kier molecular flexibility index (Phi) is 31.4. The van der Waals surface area contributed by atoms with Gasteiger partial charge in [-0.3, -0.25) is 9.35 Å². The molecule has 0 aromatic carbocycles. The number of hydrogen-bond acceptors (Lipinski definition) is 5. The Balaban J connectivity index is 3.93. The van der Waals surface area contributed by atoms with Crippen molar-refractivity contribution in [3.63, 3.8) is 0 Å². The molecule has 0 saturated heterocycles. The number of aliphatic hydroxyl groups is 2. The minimum absolute atomic E-state index is 0.303. The van der Waals surface area contributed by atoms with Gasteiger partial charge in [0.25, 0.3) is 10.1 Å². The summed E-state index contributed by atoms with van der Waals surface area (Å²) in [5, 5.41) is 23.4. The van der Waals surface area contributed by atoms with Gasteiger partial charge in [0.05, 0.1) is 17.9 Å². The number of carbonyl (C=O) groups is 1. The zero-order valence-electron chi connectivity index (χ0n) is 29.6. The second-order valence-electron chi connectivity index (χ2n) is 13.7. The van der Waals surface area contributed by atoms with Crippen molar-refractivity contribution in [2.45, 2.75) is 225 Å². The van der Waals surface area contributed by atoms with Crippen LogP contribution in [0.3, 0.4) is 0 Å². The van der Waals surface area contributed by atoms with E-state index in [9.17, 15) is 28.0 Å². The van der Waals surface area contributed by atoms with Gasteiger partial charge in [0.15, 0.2) is 0 Å². The molecule has 0 aromatic rings. The maximum atomic E-state index is 12.6. The summed E-state index contributed by atoms with van der Waals surface area (Å²) in [4.78, 5) is 12.6. The first-order valence-electron chi connectivity index (χ1n) is 19.3. The molecule has 45 heavy (non-hydrogen) atoms. The molecule has 0 aliphatic carbocycles. The van der Waals surface area contributed by atoms with Crippen LogP contribution in [0.4, 0.5) is 0 Å². The fourth-order valence-electron chi connectivity index (χ4n) is 6.17. The molecule has 7 nitrogen and oxygen atoms in total. The lowest BCUT2D eigenvalue weighted by Gasteiger charge is -2.24. The van der Waals surface area contributed by atoms with E-state index < -0.39 is 40.0 Å². The van der Waals surface area contributed by atoms with Crippen molar-refractivity contribution in [1.82, 2.24) is 5.32 Å². The number of carbonyl (C=O) groups excluding carboxylic acids is 1. The monoisotopic (exact) mass is 662 g/mol. The molecule has 0 radical (unpaired) electrons. The van der Waals surface area contributed by atoms with Crippen LogP contribution in [0.5, 0.6) is 0 Å². The van der Waals surface area contributed by atoms with Crippen LogP contribution in [0.25, 0.3) is 0 Å². The molecule has 0 aromatic heterocycles. The van der Waals surface area contributed by atoms with Crippen LogP contribution in [0.2, 0.25) is 0 Å². The van der Waals surface area contributed by atoms with E-state index in [0.717, 1.165) is 44.9 Å². The average molecular weight is 662 g/mol. The molecule has 0 aliphatic heterocycles. The Morgan fingerprint density at radius 1 is 0.511 bits per heavy atom. The molecule has 0 saturated carbocycles. The van der Waals surface area contributed by atoms with Gasteiger partial charge >= 0.3 is 0 Å². The molecule has 3 unspecified atom stereocenters. The van der Waals surface area contributed by atoms with Crippen molar-refractivity contribution in [1.29, 1.82) is 0 Å². The molecule has 1 amide bonds. The van der Waals surface area contributed by atoms with Gasteiger partial charge in [-0.25, -0.2) is 0 Å². The smallest absolute Gasteiger partial charge is 0.266 e. The van der Waals surface area contributed by atoms with Crippen molar-refractivity contribution in [3.05, 3.63) is 0 Å². The summed E-state index contributed by atoms with van der Waals surface area (Å²) in [6, 6.07) is -1.14. The minimum Gasteiger partial charge on any atom is -0.391 e. The molecule has 0 rings (SSSR count). The standard InChI is InChI=1S/C37H75NO6S/c1-3-5-7-9-11-13-15-16-17-18-19-20-21-22-24-26-28-30-32-36(40)37(41)38-34(33-45(42,43)44)35(39)31-29-27-25-23-14-12-10-8-6-4-2/h34-36,39-40H,3-33H2,1-2H3,(H,38,41)(H,42,43,44). The number of hydrogen-bond donors (Lipinski definition) is 4. The van der Waals surface area contributed by atoms with E-state index in [1.807, 2.05) is 0 Å². The van der Waals surface area contributed by atoms with Crippen LogP contribution < -0.4 is 5.32 Å². The van der Waals surface area contributed by atoms with E-state index in [0.29, 0.717) is 12.8 Å². The van der Waals surface area contributed by atoms with Crippen LogP contribution in [-0.4, -0.2) is 53.1 Å². The summed E-state index contributed by atoms with van der Waals surface area (Å²) in [7, 11) is -4.39. The second-order valence-corrected chi connectivity index (χ2v) is 15.2. The topological polar surface area (TPSA) is 124 Å². The first-order valence-corrected chi connectivity index (χ1v) is 20.9. The SMILES string of the molecule is CCCCCCCCCCCCCCCCCCCCC(O)C(=O)NC(CS(=O)(=O)O)C(O)CCCCCCCCCCCC. The Hall–Kier alpha value is -0.700. The van der Waals surface area contributed by atoms with Crippen molar-refractivity contribution in [2.75, 3.05) is 5.75 Å². The largest absolute Gasteiger partial charge is 0.391 e. The predicted octanol–water partition coefficient (Wildman–Crippen LogP) is 9.82. The third-order valence-corrected chi connectivity index (χ3v) is 9.95. The van der Waals surface area contributed by atoms with E-state index in [4.69, 9.17) is 0 Å². The molecule has 8 heteroatoms. The van der Waals surface area contributed by atoms with E-state index in [1.165, 1.54) is 135 Å². The predicted molar refractivity (Wildman–Crippen MR) is 190 cm³/mol. The molecule has 0 heterocycles. The van der Waals surface area contributed by atoms with Gasteiger partial charge in [-0.1, -0.05) is 194 Å². The maximum Gasteiger partial charge on any atom is 0.266 e. The third kappa shape index (κ3) is 31.7. The average Bonchev–Trinajstić information content (AvgIpc) is 3.00. The van der Waals surface area contributed by atoms with E-state index in [1.54, 1.807) is 0 Å². The summed E-state index contributed by atoms with van der Waals surface area (Å²) in [5.41, 5.74) is 0. The van der Waals surface area contributed by atoms with Crippen molar-refractivity contribution >= 4 is 16.0 Å². The molecular formula is C37H75NO6S. The lowest BCUT2D eigenvalue weighted by Crippen LogP contribution is -2.50. The molecule has 0 spiro atoms. The zero-order chi connectivity index (χ0) is 33.4. The van der Waals surface area contributed by atoms with Crippen LogP contribution in [0.15, 0.2) is 0 Å². The van der Waals surface area contributed by atoms with Gasteiger partial charge in [0.2, 0.25) is 5.91 Å². The van der Waals surface area contributed by atoms with Gasteiger partial charge in [-0.2, -0.15) is 8.42 Å². The minimum atomic E-state index is -4.39.